The standard InChI is InChI=1S/C17H22N2O3S2/c1-4-18-24(21,22)15-9-8-13(3)16(11-15)17(20)19(5-2)12-14-7-6-10-23-14/h6-11,18H,4-5,12H2,1-3H3. The molecule has 0 radical (unpaired) electrons. The Balaban J connectivity index is 2.34. The largest absolute Gasteiger partial charge is 0.334 e. The fraction of sp³-hybridized carbons (Fsp3) is 0.353. The van der Waals surface area contributed by atoms with Crippen LogP contribution in [-0.2, 0) is 16.6 Å². The second kappa shape index (κ2) is 7.92. The van der Waals surface area contributed by atoms with Crippen LogP contribution < -0.4 is 4.72 Å². The van der Waals surface area contributed by atoms with E-state index in [-0.39, 0.29) is 10.8 Å². The number of hydrogen-bond acceptors (Lipinski definition) is 4. The van der Waals surface area contributed by atoms with Crippen LogP contribution in [0.2, 0.25) is 0 Å². The summed E-state index contributed by atoms with van der Waals surface area (Å²) in [6.45, 7) is 6.84. The van der Waals surface area contributed by atoms with Gasteiger partial charge in [0.15, 0.2) is 0 Å². The summed E-state index contributed by atoms with van der Waals surface area (Å²) in [5, 5.41) is 1.97. The van der Waals surface area contributed by atoms with E-state index < -0.39 is 10.0 Å². The number of amides is 1. The van der Waals surface area contributed by atoms with Crippen LogP contribution in [0.3, 0.4) is 0 Å². The molecule has 0 saturated carbocycles. The number of carbonyl (C=O) groups excluding carboxylic acids is 1. The maximum absolute atomic E-state index is 12.9. The van der Waals surface area contributed by atoms with E-state index in [1.54, 1.807) is 29.2 Å². The lowest BCUT2D eigenvalue weighted by molar-refractivity contribution is 0.0753. The van der Waals surface area contributed by atoms with E-state index in [4.69, 9.17) is 0 Å². The van der Waals surface area contributed by atoms with E-state index >= 15 is 0 Å². The Morgan fingerprint density at radius 2 is 2.00 bits per heavy atom. The van der Waals surface area contributed by atoms with Gasteiger partial charge in [0.1, 0.15) is 0 Å². The summed E-state index contributed by atoms with van der Waals surface area (Å²) < 4.78 is 26.8. The molecule has 0 bridgehead atoms. The summed E-state index contributed by atoms with van der Waals surface area (Å²) in [5.74, 6) is -0.156. The zero-order valence-electron chi connectivity index (χ0n) is 14.1. The van der Waals surface area contributed by atoms with Crippen molar-refractivity contribution in [1.29, 1.82) is 0 Å². The molecule has 0 spiro atoms. The molecule has 1 aromatic carbocycles. The molecular formula is C17H22N2O3S2. The molecule has 0 aliphatic rings. The van der Waals surface area contributed by atoms with Crippen molar-refractivity contribution in [3.05, 3.63) is 51.7 Å². The fourth-order valence-electron chi connectivity index (χ4n) is 2.36. The van der Waals surface area contributed by atoms with Gasteiger partial charge in [-0.25, -0.2) is 13.1 Å². The lowest BCUT2D eigenvalue weighted by Crippen LogP contribution is -2.31. The number of benzene rings is 1. The molecule has 5 nitrogen and oxygen atoms in total. The quantitative estimate of drug-likeness (QED) is 0.819. The molecule has 2 rings (SSSR count). The summed E-state index contributed by atoms with van der Waals surface area (Å²) in [5.41, 5.74) is 1.19. The molecule has 7 heteroatoms. The van der Waals surface area contributed by atoms with Crippen LogP contribution in [0.25, 0.3) is 0 Å². The van der Waals surface area contributed by atoms with Crippen molar-refractivity contribution in [3.63, 3.8) is 0 Å². The minimum absolute atomic E-state index is 0.116. The van der Waals surface area contributed by atoms with Crippen LogP contribution >= 0.6 is 11.3 Å². The second-order valence-electron chi connectivity index (χ2n) is 5.38. The number of thiophene rings is 1. The van der Waals surface area contributed by atoms with Crippen molar-refractivity contribution in [2.24, 2.45) is 0 Å². The first kappa shape index (κ1) is 18.6. The number of nitrogens with zero attached hydrogens (tertiary/aromatic N) is 1. The van der Waals surface area contributed by atoms with Crippen LogP contribution in [0.5, 0.6) is 0 Å². The van der Waals surface area contributed by atoms with Crippen LogP contribution in [0.15, 0.2) is 40.6 Å². The predicted octanol–water partition coefficient (Wildman–Crippen LogP) is 3.02. The van der Waals surface area contributed by atoms with E-state index in [1.807, 2.05) is 31.4 Å². The molecule has 1 N–H and O–H groups in total. The maximum Gasteiger partial charge on any atom is 0.254 e. The Morgan fingerprint density at radius 3 is 2.58 bits per heavy atom. The van der Waals surface area contributed by atoms with Crippen molar-refractivity contribution in [3.8, 4) is 0 Å². The highest BCUT2D eigenvalue weighted by atomic mass is 32.2. The maximum atomic E-state index is 12.9. The van der Waals surface area contributed by atoms with E-state index in [2.05, 4.69) is 4.72 Å². The first-order valence-corrected chi connectivity index (χ1v) is 10.2. The number of aryl methyl sites for hydroxylation is 1. The van der Waals surface area contributed by atoms with Gasteiger partial charge >= 0.3 is 0 Å². The molecule has 1 aromatic heterocycles. The van der Waals surface area contributed by atoms with Gasteiger partial charge in [-0.2, -0.15) is 0 Å². The van der Waals surface area contributed by atoms with Crippen LogP contribution in [0.1, 0.15) is 34.6 Å². The van der Waals surface area contributed by atoms with Gasteiger partial charge in [0, 0.05) is 23.5 Å². The third-order valence-corrected chi connectivity index (χ3v) is 6.08. The lowest BCUT2D eigenvalue weighted by Gasteiger charge is -2.21. The molecule has 2 aromatic rings. The number of hydrogen-bond donors (Lipinski definition) is 1. The fourth-order valence-corrected chi connectivity index (χ4v) is 4.15. The SMILES string of the molecule is CCNS(=O)(=O)c1ccc(C)c(C(=O)N(CC)Cc2cccs2)c1. The van der Waals surface area contributed by atoms with E-state index in [9.17, 15) is 13.2 Å². The third kappa shape index (κ3) is 4.23. The smallest absolute Gasteiger partial charge is 0.254 e. The summed E-state index contributed by atoms with van der Waals surface area (Å²) in [7, 11) is -3.58. The minimum atomic E-state index is -3.58. The number of carbonyl (C=O) groups is 1. The van der Waals surface area contributed by atoms with Gasteiger partial charge in [0.2, 0.25) is 10.0 Å². The van der Waals surface area contributed by atoms with Crippen LogP contribution in [0.4, 0.5) is 0 Å². The summed E-state index contributed by atoms with van der Waals surface area (Å²) in [6.07, 6.45) is 0. The minimum Gasteiger partial charge on any atom is -0.334 e. The topological polar surface area (TPSA) is 66.5 Å². The number of sulfonamides is 1. The van der Waals surface area contributed by atoms with Crippen LogP contribution in [0, 0.1) is 6.92 Å². The molecule has 0 fully saturated rings. The summed E-state index contributed by atoms with van der Waals surface area (Å²) >= 11 is 1.60. The van der Waals surface area contributed by atoms with Crippen molar-refractivity contribution in [2.75, 3.05) is 13.1 Å². The van der Waals surface area contributed by atoms with E-state index in [0.717, 1.165) is 10.4 Å². The molecule has 130 valence electrons. The lowest BCUT2D eigenvalue weighted by atomic mass is 10.1. The highest BCUT2D eigenvalue weighted by molar-refractivity contribution is 7.89. The molecule has 0 unspecified atom stereocenters. The van der Waals surface area contributed by atoms with Crippen molar-refractivity contribution in [1.82, 2.24) is 9.62 Å². The first-order chi connectivity index (χ1) is 11.4. The average molecular weight is 367 g/mol. The highest BCUT2D eigenvalue weighted by Crippen LogP contribution is 2.19. The van der Waals surface area contributed by atoms with Gasteiger partial charge in [-0.3, -0.25) is 4.79 Å². The Kier molecular flexibility index (Phi) is 6.15. The normalized spacial score (nSPS) is 11.5. The van der Waals surface area contributed by atoms with Gasteiger partial charge in [-0.15, -0.1) is 11.3 Å². The molecule has 0 saturated heterocycles. The Bertz CT molecular complexity index is 799. The van der Waals surface area contributed by atoms with Crippen molar-refractivity contribution >= 4 is 27.3 Å². The zero-order valence-corrected chi connectivity index (χ0v) is 15.7. The first-order valence-electron chi connectivity index (χ1n) is 7.81. The Labute approximate surface area is 147 Å². The average Bonchev–Trinajstić information content (AvgIpc) is 3.05. The molecule has 0 aliphatic heterocycles. The second-order valence-corrected chi connectivity index (χ2v) is 8.18. The van der Waals surface area contributed by atoms with Gasteiger partial charge in [-0.05, 0) is 43.0 Å². The Hall–Kier alpha value is -1.70. The van der Waals surface area contributed by atoms with Gasteiger partial charge in [0.25, 0.3) is 5.91 Å². The van der Waals surface area contributed by atoms with Crippen LogP contribution in [-0.4, -0.2) is 32.3 Å². The van der Waals surface area contributed by atoms with Crippen molar-refractivity contribution in [2.45, 2.75) is 32.2 Å². The third-order valence-electron chi connectivity index (χ3n) is 3.68. The molecule has 1 amide bonds. The van der Waals surface area contributed by atoms with E-state index in [1.165, 1.54) is 12.1 Å². The number of rotatable bonds is 7. The highest BCUT2D eigenvalue weighted by Gasteiger charge is 2.21. The molecule has 0 atom stereocenters. The predicted molar refractivity (Wildman–Crippen MR) is 96.8 cm³/mol. The molecule has 1 heterocycles. The zero-order chi connectivity index (χ0) is 17.7. The van der Waals surface area contributed by atoms with Gasteiger partial charge in [0.05, 0.1) is 11.4 Å². The molecular weight excluding hydrogens is 344 g/mol. The summed E-state index contributed by atoms with van der Waals surface area (Å²) in [6, 6.07) is 8.61. The summed E-state index contributed by atoms with van der Waals surface area (Å²) in [4.78, 5) is 15.8. The Morgan fingerprint density at radius 1 is 1.25 bits per heavy atom. The van der Waals surface area contributed by atoms with E-state index in [0.29, 0.717) is 25.2 Å². The molecule has 0 aliphatic carbocycles. The number of nitrogens with one attached hydrogen (secondary N) is 1. The van der Waals surface area contributed by atoms with Gasteiger partial charge in [-0.1, -0.05) is 19.1 Å². The monoisotopic (exact) mass is 366 g/mol. The molecule has 24 heavy (non-hydrogen) atoms. The van der Waals surface area contributed by atoms with Gasteiger partial charge < -0.3 is 4.90 Å². The van der Waals surface area contributed by atoms with Crippen molar-refractivity contribution < 1.29 is 13.2 Å².